The molecule has 0 spiro atoms. The molecule has 2 aliphatic carbocycles. The van der Waals surface area contributed by atoms with Crippen LogP contribution in [0.5, 0.6) is 0 Å². The van der Waals surface area contributed by atoms with Crippen molar-refractivity contribution in [1.82, 2.24) is 0 Å². The molecule has 2 bridgehead atoms. The van der Waals surface area contributed by atoms with Crippen LogP contribution in [0.15, 0.2) is 24.3 Å². The van der Waals surface area contributed by atoms with Crippen molar-refractivity contribution in [1.29, 1.82) is 0 Å². The van der Waals surface area contributed by atoms with Gasteiger partial charge in [0.15, 0.2) is 0 Å². The van der Waals surface area contributed by atoms with Crippen LogP contribution in [-0.4, -0.2) is 11.7 Å². The fourth-order valence-electron chi connectivity index (χ4n) is 3.71. The number of alkyl halides is 3. The topological polar surface area (TPSA) is 46.2 Å². The molecule has 0 radical (unpaired) electrons. The minimum Gasteiger partial charge on any atom is -0.326 e. The summed E-state index contributed by atoms with van der Waals surface area (Å²) in [6.07, 6.45) is -0.746. The van der Waals surface area contributed by atoms with Crippen molar-refractivity contribution in [2.45, 2.75) is 38.3 Å². The summed E-state index contributed by atoms with van der Waals surface area (Å²) in [5.74, 6) is -0.426. The molecule has 0 heterocycles. The van der Waals surface area contributed by atoms with E-state index in [0.717, 1.165) is 31.4 Å². The highest BCUT2D eigenvalue weighted by Gasteiger charge is 2.41. The first-order valence-corrected chi connectivity index (χ1v) is 7.86. The molecule has 0 aromatic heterocycles. The van der Waals surface area contributed by atoms with E-state index in [0.29, 0.717) is 12.8 Å². The van der Waals surface area contributed by atoms with E-state index in [-0.39, 0.29) is 35.1 Å². The number of rotatable bonds is 2. The molecule has 1 unspecified atom stereocenters. The molecule has 3 rings (SSSR count). The van der Waals surface area contributed by atoms with E-state index in [2.05, 4.69) is 5.32 Å². The molecule has 1 aromatic rings. The molecular formula is C17H18F3NO2. The van der Waals surface area contributed by atoms with Gasteiger partial charge in [-0.25, -0.2) is 0 Å². The van der Waals surface area contributed by atoms with E-state index in [1.807, 2.05) is 0 Å². The number of halogens is 3. The van der Waals surface area contributed by atoms with Gasteiger partial charge in [0.05, 0.1) is 5.56 Å². The monoisotopic (exact) mass is 325 g/mol. The van der Waals surface area contributed by atoms with Crippen molar-refractivity contribution >= 4 is 17.4 Å². The predicted octanol–water partition coefficient (Wildman–Crippen LogP) is 4.04. The van der Waals surface area contributed by atoms with Crippen LogP contribution in [0.2, 0.25) is 0 Å². The average Bonchev–Trinajstić information content (AvgIpc) is 2.46. The Kier molecular flexibility index (Phi) is 4.17. The summed E-state index contributed by atoms with van der Waals surface area (Å²) in [5, 5.41) is 2.58. The Labute approximate surface area is 132 Å². The maximum absolute atomic E-state index is 12.7. The number of Topliss-reactive ketones (excluding diaryl/α,β-unsaturated/α-hetero) is 1. The Morgan fingerprint density at radius 2 is 1.78 bits per heavy atom. The number of carbonyl (C=O) groups excluding carboxylic acids is 2. The highest BCUT2D eigenvalue weighted by molar-refractivity contribution is 5.95. The Morgan fingerprint density at radius 3 is 2.39 bits per heavy atom. The third-order valence-corrected chi connectivity index (χ3v) is 4.88. The van der Waals surface area contributed by atoms with Gasteiger partial charge in [-0.1, -0.05) is 12.5 Å². The van der Waals surface area contributed by atoms with Gasteiger partial charge in [0.1, 0.15) is 5.78 Å². The normalized spacial score (nSPS) is 27.6. The summed E-state index contributed by atoms with van der Waals surface area (Å²) in [6, 6.07) is 4.63. The zero-order valence-corrected chi connectivity index (χ0v) is 12.5. The third kappa shape index (κ3) is 3.41. The maximum Gasteiger partial charge on any atom is 0.416 e. The van der Waals surface area contributed by atoms with Gasteiger partial charge in [-0.05, 0) is 43.9 Å². The molecule has 0 aliphatic heterocycles. The third-order valence-electron chi connectivity index (χ3n) is 4.88. The van der Waals surface area contributed by atoms with Crippen molar-refractivity contribution in [3.8, 4) is 0 Å². The Bertz CT molecular complexity index is 611. The van der Waals surface area contributed by atoms with Crippen molar-refractivity contribution < 1.29 is 22.8 Å². The van der Waals surface area contributed by atoms with Crippen LogP contribution in [0.25, 0.3) is 0 Å². The smallest absolute Gasteiger partial charge is 0.326 e. The molecule has 1 aromatic carbocycles. The molecule has 2 aliphatic rings. The summed E-state index contributed by atoms with van der Waals surface area (Å²) >= 11 is 0. The summed E-state index contributed by atoms with van der Waals surface area (Å²) in [5.41, 5.74) is -0.641. The lowest BCUT2D eigenvalue weighted by Crippen LogP contribution is -2.40. The standard InChI is InChI=1S/C17H18F3NO2/c18-17(19,20)13-5-2-6-14(9-13)21-16(23)12-7-10-3-1-4-11(8-12)15(10)22/h2,5-6,9-12H,1,3-4,7-8H2,(H,21,23)/t10-,11+,12?. The number of fused-ring (bicyclic) bond motifs is 2. The van der Waals surface area contributed by atoms with Crippen molar-refractivity contribution in [2.24, 2.45) is 17.8 Å². The molecular weight excluding hydrogens is 307 g/mol. The highest BCUT2D eigenvalue weighted by atomic mass is 19.4. The maximum atomic E-state index is 12.7. The summed E-state index contributed by atoms with van der Waals surface area (Å²) < 4.78 is 38.1. The fourth-order valence-corrected chi connectivity index (χ4v) is 3.71. The average molecular weight is 325 g/mol. The van der Waals surface area contributed by atoms with Gasteiger partial charge in [0, 0.05) is 23.4 Å². The van der Waals surface area contributed by atoms with E-state index >= 15 is 0 Å². The lowest BCUT2D eigenvalue weighted by atomic mass is 9.67. The van der Waals surface area contributed by atoms with Gasteiger partial charge in [0.25, 0.3) is 0 Å². The quantitative estimate of drug-likeness (QED) is 0.892. The van der Waals surface area contributed by atoms with Crippen LogP contribution in [-0.2, 0) is 15.8 Å². The molecule has 1 N–H and O–H groups in total. The second-order valence-electron chi connectivity index (χ2n) is 6.46. The zero-order chi connectivity index (χ0) is 16.6. The van der Waals surface area contributed by atoms with E-state index in [1.54, 1.807) is 0 Å². The Morgan fingerprint density at radius 1 is 1.13 bits per heavy atom. The lowest BCUT2D eigenvalue weighted by molar-refractivity contribution is -0.138. The summed E-state index contributed by atoms with van der Waals surface area (Å²) in [6.45, 7) is 0. The van der Waals surface area contributed by atoms with Gasteiger partial charge >= 0.3 is 6.18 Å². The highest BCUT2D eigenvalue weighted by Crippen LogP contribution is 2.40. The van der Waals surface area contributed by atoms with Gasteiger partial charge in [-0.15, -0.1) is 0 Å². The van der Waals surface area contributed by atoms with E-state index in [1.165, 1.54) is 12.1 Å². The van der Waals surface area contributed by atoms with Crippen molar-refractivity contribution in [3.63, 3.8) is 0 Å². The van der Waals surface area contributed by atoms with Crippen LogP contribution >= 0.6 is 0 Å². The molecule has 1 amide bonds. The Hall–Kier alpha value is -1.85. The first-order valence-electron chi connectivity index (χ1n) is 7.86. The molecule has 6 heteroatoms. The number of benzene rings is 1. The number of amides is 1. The summed E-state index contributed by atoms with van der Waals surface area (Å²) in [4.78, 5) is 24.4. The first kappa shape index (κ1) is 16.0. The number of carbonyl (C=O) groups is 2. The largest absolute Gasteiger partial charge is 0.416 e. The van der Waals surface area contributed by atoms with Gasteiger partial charge in [-0.2, -0.15) is 13.2 Å². The van der Waals surface area contributed by atoms with Gasteiger partial charge < -0.3 is 5.32 Å². The Balaban J connectivity index is 1.69. The SMILES string of the molecule is O=C(Nc1cccc(C(F)(F)F)c1)C1C[C@H]2CCC[C@@H](C1)C2=O. The number of ketones is 1. The van der Waals surface area contributed by atoms with Gasteiger partial charge in [0.2, 0.25) is 5.91 Å². The van der Waals surface area contributed by atoms with Crippen molar-refractivity contribution in [3.05, 3.63) is 29.8 Å². The number of hydrogen-bond acceptors (Lipinski definition) is 2. The fraction of sp³-hybridized carbons (Fsp3) is 0.529. The van der Waals surface area contributed by atoms with Crippen LogP contribution in [0, 0.1) is 17.8 Å². The molecule has 0 saturated heterocycles. The number of anilines is 1. The van der Waals surface area contributed by atoms with E-state index in [9.17, 15) is 22.8 Å². The molecule has 3 atom stereocenters. The summed E-state index contributed by atoms with van der Waals surface area (Å²) in [7, 11) is 0. The zero-order valence-electron chi connectivity index (χ0n) is 12.5. The molecule has 3 nitrogen and oxygen atoms in total. The predicted molar refractivity (Wildman–Crippen MR) is 78.6 cm³/mol. The van der Waals surface area contributed by atoms with Crippen LogP contribution < -0.4 is 5.32 Å². The number of hydrogen-bond donors (Lipinski definition) is 1. The van der Waals surface area contributed by atoms with Crippen LogP contribution in [0.4, 0.5) is 18.9 Å². The molecule has 23 heavy (non-hydrogen) atoms. The van der Waals surface area contributed by atoms with Crippen LogP contribution in [0.1, 0.15) is 37.7 Å². The minimum atomic E-state index is -4.44. The molecule has 2 fully saturated rings. The lowest BCUT2D eigenvalue weighted by Gasteiger charge is -2.36. The molecule has 124 valence electrons. The first-order chi connectivity index (χ1) is 10.8. The second-order valence-corrected chi connectivity index (χ2v) is 6.46. The van der Waals surface area contributed by atoms with E-state index in [4.69, 9.17) is 0 Å². The minimum absolute atomic E-state index is 0.0558. The van der Waals surface area contributed by atoms with E-state index < -0.39 is 11.7 Å². The van der Waals surface area contributed by atoms with Crippen LogP contribution in [0.3, 0.4) is 0 Å². The number of nitrogens with one attached hydrogen (secondary N) is 1. The second kappa shape index (κ2) is 5.98. The van der Waals surface area contributed by atoms with Gasteiger partial charge in [-0.3, -0.25) is 9.59 Å². The molecule has 2 saturated carbocycles. The van der Waals surface area contributed by atoms with Crippen molar-refractivity contribution in [2.75, 3.05) is 5.32 Å².